The van der Waals surface area contributed by atoms with Gasteiger partial charge in [0, 0.05) is 34.2 Å². The minimum absolute atomic E-state index is 0.206. The van der Waals surface area contributed by atoms with Gasteiger partial charge in [-0.1, -0.05) is 67.4 Å². The molecule has 1 N–H and O–H groups in total. The van der Waals surface area contributed by atoms with Crippen LogP contribution < -0.4 is 14.8 Å². The van der Waals surface area contributed by atoms with Crippen molar-refractivity contribution in [2.75, 3.05) is 12.4 Å². The molecule has 1 aliphatic rings. The van der Waals surface area contributed by atoms with E-state index in [9.17, 15) is 4.79 Å². The fraction of sp³-hybridized carbons (Fsp3) is 0.321. The molecule has 2 atom stereocenters. The van der Waals surface area contributed by atoms with E-state index in [1.807, 2.05) is 55.5 Å². The first-order valence-electron chi connectivity index (χ1n) is 11.3. The second-order valence-corrected chi connectivity index (χ2v) is 9.71. The molecule has 6 heteroatoms. The van der Waals surface area contributed by atoms with Crippen molar-refractivity contribution in [2.45, 2.75) is 46.4 Å². The van der Waals surface area contributed by atoms with Crippen molar-refractivity contribution in [3.63, 3.8) is 0 Å². The molecule has 0 amide bonds. The van der Waals surface area contributed by atoms with Crippen LogP contribution in [0.3, 0.4) is 0 Å². The summed E-state index contributed by atoms with van der Waals surface area (Å²) in [5.74, 6) is 0.987. The molecule has 1 aliphatic heterocycles. The maximum absolute atomic E-state index is 12.1. The van der Waals surface area contributed by atoms with Gasteiger partial charge in [-0.25, -0.2) is 0 Å². The highest BCUT2D eigenvalue weighted by Crippen LogP contribution is 2.55. The molecule has 0 saturated carbocycles. The average molecular weight is 480 g/mol. The van der Waals surface area contributed by atoms with E-state index in [-0.39, 0.29) is 12.0 Å². The van der Waals surface area contributed by atoms with Gasteiger partial charge in [-0.2, -0.15) is 0 Å². The first kappa shape index (κ1) is 24.0. The molecule has 5 nitrogen and oxygen atoms in total. The van der Waals surface area contributed by atoms with Crippen LogP contribution in [-0.4, -0.2) is 13.1 Å². The van der Waals surface area contributed by atoms with E-state index in [0.717, 1.165) is 27.9 Å². The summed E-state index contributed by atoms with van der Waals surface area (Å²) in [5, 5.41) is 4.37. The molecule has 34 heavy (non-hydrogen) atoms. The van der Waals surface area contributed by atoms with Gasteiger partial charge >= 0.3 is 5.97 Å². The molecule has 0 spiro atoms. The van der Waals surface area contributed by atoms with E-state index < -0.39 is 11.5 Å². The van der Waals surface area contributed by atoms with Gasteiger partial charge in [0.1, 0.15) is 12.7 Å². The predicted octanol–water partition coefficient (Wildman–Crippen LogP) is 7.03. The number of nitrogens with one attached hydrogen (secondary N) is 1. The summed E-state index contributed by atoms with van der Waals surface area (Å²) in [7, 11) is 1.63. The molecule has 0 aromatic heterocycles. The van der Waals surface area contributed by atoms with Crippen molar-refractivity contribution in [1.29, 1.82) is 0 Å². The summed E-state index contributed by atoms with van der Waals surface area (Å²) in [6.07, 6.45) is -0.429. The molecule has 0 bridgehead atoms. The van der Waals surface area contributed by atoms with Crippen LogP contribution in [0.2, 0.25) is 5.02 Å². The summed E-state index contributed by atoms with van der Waals surface area (Å²) >= 11 is 6.03. The Bertz CT molecular complexity index is 1190. The quantitative estimate of drug-likeness (QED) is 0.384. The molecule has 178 valence electrons. The van der Waals surface area contributed by atoms with Crippen LogP contribution in [0.15, 0.2) is 60.7 Å². The Labute approximate surface area is 206 Å². The van der Waals surface area contributed by atoms with Crippen LogP contribution in [-0.2, 0) is 16.1 Å². The van der Waals surface area contributed by atoms with Crippen molar-refractivity contribution in [3.8, 4) is 11.5 Å². The lowest BCUT2D eigenvalue weighted by atomic mass is 9.70. The number of carbonyl (C=O) groups is 1. The first-order valence-corrected chi connectivity index (χ1v) is 11.7. The number of rotatable bonds is 6. The van der Waals surface area contributed by atoms with Crippen molar-refractivity contribution >= 4 is 23.3 Å². The van der Waals surface area contributed by atoms with Crippen LogP contribution in [0.4, 0.5) is 5.69 Å². The summed E-state index contributed by atoms with van der Waals surface area (Å²) in [4.78, 5) is 12.1. The topological polar surface area (TPSA) is 56.8 Å². The number of aryl methyl sites for hydroxylation is 1. The maximum atomic E-state index is 12.1. The molecule has 4 rings (SSSR count). The van der Waals surface area contributed by atoms with Crippen LogP contribution in [0.25, 0.3) is 0 Å². The maximum Gasteiger partial charge on any atom is 0.303 e. The summed E-state index contributed by atoms with van der Waals surface area (Å²) in [6, 6.07) is 19.4. The SMILES string of the molecule is COc1cccc([C@H]2Nc3ccc(C)cc3[C@@H](OC(C)=O)C2(C)C)c1OCc1ccc(Cl)cc1. The minimum atomic E-state index is -0.489. The number of carbonyl (C=O) groups excluding carboxylic acids is 1. The Hall–Kier alpha value is -3.18. The highest BCUT2D eigenvalue weighted by molar-refractivity contribution is 6.30. The minimum Gasteiger partial charge on any atom is -0.493 e. The molecule has 0 fully saturated rings. The van der Waals surface area contributed by atoms with Gasteiger partial charge in [0.15, 0.2) is 11.5 Å². The Kier molecular flexibility index (Phi) is 6.76. The standard InChI is InChI=1S/C28H30ClNO4/c1-17-9-14-23-22(15-17)27(34-18(2)31)28(3,4)26(30-23)21-7-6-8-24(32-5)25(21)33-16-19-10-12-20(29)13-11-19/h6-15,26-27,30H,16H2,1-5H3/t26-,27-/m1/s1. The van der Waals surface area contributed by atoms with Crippen molar-refractivity contribution < 1.29 is 19.0 Å². The number of hydrogen-bond donors (Lipinski definition) is 1. The third kappa shape index (κ3) is 4.71. The number of methoxy groups -OCH3 is 1. The fourth-order valence-electron chi connectivity index (χ4n) is 4.60. The summed E-state index contributed by atoms with van der Waals surface area (Å²) in [5.41, 5.74) is 4.46. The van der Waals surface area contributed by atoms with Gasteiger partial charge in [-0.15, -0.1) is 0 Å². The zero-order chi connectivity index (χ0) is 24.5. The van der Waals surface area contributed by atoms with Gasteiger partial charge < -0.3 is 19.5 Å². The Morgan fingerprint density at radius 1 is 1.06 bits per heavy atom. The lowest BCUT2D eigenvalue weighted by Gasteiger charge is -2.46. The number of fused-ring (bicyclic) bond motifs is 1. The molecule has 1 heterocycles. The Morgan fingerprint density at radius 2 is 1.79 bits per heavy atom. The highest BCUT2D eigenvalue weighted by Gasteiger charge is 2.47. The second kappa shape index (κ2) is 9.59. The monoisotopic (exact) mass is 479 g/mol. The third-order valence-corrected chi connectivity index (χ3v) is 6.58. The Morgan fingerprint density at radius 3 is 2.47 bits per heavy atom. The zero-order valence-corrected chi connectivity index (χ0v) is 20.9. The predicted molar refractivity (Wildman–Crippen MR) is 135 cm³/mol. The van der Waals surface area contributed by atoms with E-state index >= 15 is 0 Å². The van der Waals surface area contributed by atoms with Crippen LogP contribution >= 0.6 is 11.6 Å². The Balaban J connectivity index is 1.77. The van der Waals surface area contributed by atoms with Gasteiger partial charge in [0.05, 0.1) is 13.2 Å². The van der Waals surface area contributed by atoms with Gasteiger partial charge in [0.2, 0.25) is 0 Å². The largest absolute Gasteiger partial charge is 0.493 e. The van der Waals surface area contributed by atoms with Gasteiger partial charge in [-0.3, -0.25) is 4.79 Å². The van der Waals surface area contributed by atoms with Crippen LogP contribution in [0.1, 0.15) is 55.2 Å². The van der Waals surface area contributed by atoms with E-state index in [4.69, 9.17) is 25.8 Å². The molecular weight excluding hydrogens is 450 g/mol. The van der Waals surface area contributed by atoms with Crippen molar-refractivity contribution in [1.82, 2.24) is 0 Å². The molecular formula is C28H30ClNO4. The van der Waals surface area contributed by atoms with Crippen molar-refractivity contribution in [3.05, 3.63) is 87.9 Å². The average Bonchev–Trinajstić information content (AvgIpc) is 2.80. The first-order chi connectivity index (χ1) is 16.2. The normalized spacial score (nSPS) is 18.4. The molecule has 0 radical (unpaired) electrons. The lowest BCUT2D eigenvalue weighted by Crippen LogP contribution is -2.40. The molecule has 0 aliphatic carbocycles. The number of halogens is 1. The summed E-state index contributed by atoms with van der Waals surface area (Å²) < 4.78 is 17.9. The number of para-hydroxylation sites is 1. The number of anilines is 1. The second-order valence-electron chi connectivity index (χ2n) is 9.27. The van der Waals surface area contributed by atoms with Crippen molar-refractivity contribution in [2.24, 2.45) is 5.41 Å². The van der Waals surface area contributed by atoms with Crippen LogP contribution in [0.5, 0.6) is 11.5 Å². The molecule has 3 aromatic rings. The van der Waals surface area contributed by atoms with Gasteiger partial charge in [0.25, 0.3) is 0 Å². The lowest BCUT2D eigenvalue weighted by molar-refractivity contribution is -0.154. The number of esters is 1. The fourth-order valence-corrected chi connectivity index (χ4v) is 4.72. The number of benzene rings is 3. The third-order valence-electron chi connectivity index (χ3n) is 6.33. The zero-order valence-electron chi connectivity index (χ0n) is 20.1. The molecule has 0 saturated heterocycles. The van der Waals surface area contributed by atoms with E-state index in [1.165, 1.54) is 6.92 Å². The molecule has 3 aromatic carbocycles. The highest BCUT2D eigenvalue weighted by atomic mass is 35.5. The van der Waals surface area contributed by atoms with Gasteiger partial charge in [-0.05, 0) is 36.8 Å². The van der Waals surface area contributed by atoms with Crippen LogP contribution in [0, 0.1) is 12.3 Å². The van der Waals surface area contributed by atoms with E-state index in [0.29, 0.717) is 23.1 Å². The molecule has 0 unspecified atom stereocenters. The van der Waals surface area contributed by atoms with E-state index in [1.54, 1.807) is 7.11 Å². The number of ether oxygens (including phenoxy) is 3. The summed E-state index contributed by atoms with van der Waals surface area (Å²) in [6.45, 7) is 8.06. The smallest absolute Gasteiger partial charge is 0.303 e. The van der Waals surface area contributed by atoms with E-state index in [2.05, 4.69) is 31.3 Å². The number of hydrogen-bond acceptors (Lipinski definition) is 5.